The molecule has 0 radical (unpaired) electrons. The third-order valence-electron chi connectivity index (χ3n) is 2.67. The normalized spacial score (nSPS) is 14.3. The smallest absolute Gasteiger partial charge is 0.408 e. The molecule has 0 aliphatic heterocycles. The summed E-state index contributed by atoms with van der Waals surface area (Å²) in [5.41, 5.74) is 0.388. The number of hydrogen-bond donors (Lipinski definition) is 1. The zero-order valence-corrected chi connectivity index (χ0v) is 13.1. The molecule has 1 amide bonds. The Bertz CT molecular complexity index is 429. The molecule has 5 heteroatoms. The number of halogens is 1. The van der Waals surface area contributed by atoms with Gasteiger partial charge in [-0.2, -0.15) is 0 Å². The highest BCUT2D eigenvalue weighted by Crippen LogP contribution is 2.09. The van der Waals surface area contributed by atoms with E-state index in [9.17, 15) is 9.18 Å². The van der Waals surface area contributed by atoms with Crippen LogP contribution in [0.5, 0.6) is 0 Å². The molecule has 1 aromatic carbocycles. The minimum absolute atomic E-state index is 0.0891. The Morgan fingerprint density at radius 1 is 1.29 bits per heavy atom. The Balaban J connectivity index is 2.41. The number of nitrogens with one attached hydrogen (secondary N) is 1. The summed E-state index contributed by atoms with van der Waals surface area (Å²) in [5.74, 6) is 0. The molecule has 1 aromatic rings. The molecule has 118 valence electrons. The predicted octanol–water partition coefficient (Wildman–Crippen LogP) is 3.45. The molecule has 0 spiro atoms. The molecule has 0 aliphatic carbocycles. The molecule has 2 atom stereocenters. The van der Waals surface area contributed by atoms with Crippen molar-refractivity contribution in [1.29, 1.82) is 0 Å². The number of alkyl halides is 1. The molecule has 0 aromatic heterocycles. The van der Waals surface area contributed by atoms with Crippen LogP contribution in [0.2, 0.25) is 0 Å². The summed E-state index contributed by atoms with van der Waals surface area (Å²) in [6.45, 7) is 7.12. The number of amides is 1. The van der Waals surface area contributed by atoms with Crippen molar-refractivity contribution < 1.29 is 18.7 Å². The number of rotatable bonds is 6. The largest absolute Gasteiger partial charge is 0.444 e. The number of carbonyl (C=O) groups is 1. The molecule has 1 N–H and O–H groups in total. The predicted molar refractivity (Wildman–Crippen MR) is 79.8 cm³/mol. The highest BCUT2D eigenvalue weighted by molar-refractivity contribution is 5.68. The first kappa shape index (κ1) is 17.4. The van der Waals surface area contributed by atoms with E-state index >= 15 is 0 Å². The summed E-state index contributed by atoms with van der Waals surface area (Å²) in [6, 6.07) is 8.85. The van der Waals surface area contributed by atoms with Crippen molar-refractivity contribution in [3.63, 3.8) is 0 Å². The zero-order chi connectivity index (χ0) is 15.9. The van der Waals surface area contributed by atoms with E-state index in [4.69, 9.17) is 9.47 Å². The Kier molecular flexibility index (Phi) is 6.62. The quantitative estimate of drug-likeness (QED) is 0.874. The van der Waals surface area contributed by atoms with Gasteiger partial charge in [0.2, 0.25) is 0 Å². The molecule has 0 saturated carbocycles. The van der Waals surface area contributed by atoms with E-state index in [1.807, 2.05) is 30.3 Å². The minimum Gasteiger partial charge on any atom is -0.444 e. The van der Waals surface area contributed by atoms with Crippen molar-refractivity contribution >= 4 is 6.09 Å². The van der Waals surface area contributed by atoms with E-state index in [2.05, 4.69) is 5.32 Å². The second-order valence-electron chi connectivity index (χ2n) is 5.93. The fourth-order valence-corrected chi connectivity index (χ4v) is 1.63. The van der Waals surface area contributed by atoms with Crippen molar-refractivity contribution in [2.45, 2.75) is 52.1 Å². The lowest BCUT2D eigenvalue weighted by molar-refractivity contribution is 0.0350. The molecule has 1 rings (SSSR count). The Hall–Kier alpha value is -1.62. The van der Waals surface area contributed by atoms with Crippen LogP contribution in [0.3, 0.4) is 0 Å². The number of alkyl carbamates (subject to hydrolysis) is 1. The van der Waals surface area contributed by atoms with E-state index in [0.29, 0.717) is 6.61 Å². The maximum absolute atomic E-state index is 13.5. The fourth-order valence-electron chi connectivity index (χ4n) is 1.63. The van der Waals surface area contributed by atoms with Crippen molar-refractivity contribution in [1.82, 2.24) is 5.32 Å². The molecule has 4 nitrogen and oxygen atoms in total. The average Bonchev–Trinajstić information content (AvgIpc) is 2.36. The topological polar surface area (TPSA) is 47.6 Å². The van der Waals surface area contributed by atoms with Crippen LogP contribution in [0, 0.1) is 0 Å². The molecular formula is C16H24FNO3. The number of hydrogen-bond acceptors (Lipinski definition) is 3. The van der Waals surface area contributed by atoms with Crippen LogP contribution >= 0.6 is 0 Å². The molecule has 0 heterocycles. The van der Waals surface area contributed by atoms with E-state index in [0.717, 1.165) is 5.56 Å². The second-order valence-corrected chi connectivity index (χ2v) is 5.93. The monoisotopic (exact) mass is 297 g/mol. The zero-order valence-electron chi connectivity index (χ0n) is 13.1. The summed E-state index contributed by atoms with van der Waals surface area (Å²) in [7, 11) is 0. The molecular weight excluding hydrogens is 273 g/mol. The standard InChI is InChI=1S/C16H24FNO3/c1-12(17)14(18-15(19)21-16(2,3)4)11-20-10-13-8-6-5-7-9-13/h5-9,12,14H,10-11H2,1-4H3,(H,18,19)/t12-,14-/m1/s1. The maximum Gasteiger partial charge on any atom is 0.408 e. The highest BCUT2D eigenvalue weighted by Gasteiger charge is 2.23. The van der Waals surface area contributed by atoms with Crippen LogP contribution in [0.15, 0.2) is 30.3 Å². The van der Waals surface area contributed by atoms with Crippen LogP contribution < -0.4 is 5.32 Å². The maximum atomic E-state index is 13.5. The van der Waals surface area contributed by atoms with Crippen LogP contribution in [0.4, 0.5) is 9.18 Å². The first-order valence-corrected chi connectivity index (χ1v) is 7.03. The number of benzene rings is 1. The lowest BCUT2D eigenvalue weighted by atomic mass is 10.2. The molecule has 21 heavy (non-hydrogen) atoms. The van der Waals surface area contributed by atoms with Crippen molar-refractivity contribution in [3.05, 3.63) is 35.9 Å². The average molecular weight is 297 g/mol. The Labute approximate surface area is 125 Å². The van der Waals surface area contributed by atoms with E-state index in [-0.39, 0.29) is 6.61 Å². The van der Waals surface area contributed by atoms with Gasteiger partial charge in [-0.05, 0) is 33.3 Å². The van der Waals surface area contributed by atoms with Gasteiger partial charge in [-0.25, -0.2) is 9.18 Å². The molecule has 0 unspecified atom stereocenters. The van der Waals surface area contributed by atoms with E-state index in [1.165, 1.54) is 6.92 Å². The summed E-state index contributed by atoms with van der Waals surface area (Å²) in [4.78, 5) is 11.7. The van der Waals surface area contributed by atoms with E-state index in [1.54, 1.807) is 20.8 Å². The lowest BCUT2D eigenvalue weighted by Gasteiger charge is -2.24. The van der Waals surface area contributed by atoms with Crippen molar-refractivity contribution in [2.75, 3.05) is 6.61 Å². The van der Waals surface area contributed by atoms with Gasteiger partial charge in [-0.1, -0.05) is 30.3 Å². The number of carbonyl (C=O) groups excluding carboxylic acids is 1. The lowest BCUT2D eigenvalue weighted by Crippen LogP contribution is -2.45. The van der Waals surface area contributed by atoms with Crippen molar-refractivity contribution in [3.8, 4) is 0 Å². The molecule has 0 fully saturated rings. The van der Waals surface area contributed by atoms with E-state index < -0.39 is 23.9 Å². The Morgan fingerprint density at radius 2 is 1.90 bits per heavy atom. The van der Waals surface area contributed by atoms with Crippen molar-refractivity contribution in [2.24, 2.45) is 0 Å². The van der Waals surface area contributed by atoms with Crippen LogP contribution in [0.1, 0.15) is 33.3 Å². The third-order valence-corrected chi connectivity index (χ3v) is 2.67. The Morgan fingerprint density at radius 3 is 2.43 bits per heavy atom. The van der Waals surface area contributed by atoms with Crippen LogP contribution in [-0.2, 0) is 16.1 Å². The minimum atomic E-state index is -1.23. The molecule has 0 aliphatic rings. The van der Waals surface area contributed by atoms with Gasteiger partial charge < -0.3 is 14.8 Å². The van der Waals surface area contributed by atoms with Crippen LogP contribution in [0.25, 0.3) is 0 Å². The van der Waals surface area contributed by atoms with Gasteiger partial charge in [0.25, 0.3) is 0 Å². The summed E-state index contributed by atoms with van der Waals surface area (Å²) >= 11 is 0. The molecule has 0 bridgehead atoms. The second kappa shape index (κ2) is 7.98. The summed E-state index contributed by atoms with van der Waals surface area (Å²) in [5, 5.41) is 2.50. The third kappa shape index (κ3) is 7.66. The first-order chi connectivity index (χ1) is 9.78. The fraction of sp³-hybridized carbons (Fsp3) is 0.562. The SMILES string of the molecule is C[C@@H](F)[C@@H](COCc1ccccc1)NC(=O)OC(C)(C)C. The van der Waals surface area contributed by atoms with Gasteiger partial charge in [0.1, 0.15) is 11.8 Å². The first-order valence-electron chi connectivity index (χ1n) is 7.03. The highest BCUT2D eigenvalue weighted by atomic mass is 19.1. The van der Waals surface area contributed by atoms with Gasteiger partial charge in [0.15, 0.2) is 0 Å². The van der Waals surface area contributed by atoms with Gasteiger partial charge in [0, 0.05) is 0 Å². The summed E-state index contributed by atoms with van der Waals surface area (Å²) < 4.78 is 24.1. The van der Waals surface area contributed by atoms with Gasteiger partial charge in [0.05, 0.1) is 19.3 Å². The van der Waals surface area contributed by atoms with Gasteiger partial charge in [-0.3, -0.25) is 0 Å². The van der Waals surface area contributed by atoms with Gasteiger partial charge >= 0.3 is 6.09 Å². The van der Waals surface area contributed by atoms with Gasteiger partial charge in [-0.15, -0.1) is 0 Å². The summed E-state index contributed by atoms with van der Waals surface area (Å²) in [6.07, 6.45) is -1.87. The molecule has 0 saturated heterocycles. The van der Waals surface area contributed by atoms with Crippen LogP contribution in [-0.4, -0.2) is 30.5 Å². The number of ether oxygens (including phenoxy) is 2.